The van der Waals surface area contributed by atoms with E-state index in [1.165, 1.54) is 21.1 Å². The molecule has 0 saturated heterocycles. The maximum atomic E-state index is 11.1. The third-order valence-electron chi connectivity index (χ3n) is 3.20. The van der Waals surface area contributed by atoms with E-state index in [4.69, 9.17) is 18.9 Å². The fourth-order valence-corrected chi connectivity index (χ4v) is 2.08. The van der Waals surface area contributed by atoms with Crippen LogP contribution in [-0.4, -0.2) is 26.5 Å². The van der Waals surface area contributed by atoms with Gasteiger partial charge in [0.05, 0.1) is 14.2 Å². The van der Waals surface area contributed by atoms with E-state index in [2.05, 4.69) is 0 Å². The van der Waals surface area contributed by atoms with Crippen LogP contribution in [0.25, 0.3) is 0 Å². The molecule has 2 aromatic rings. The van der Waals surface area contributed by atoms with Crippen molar-refractivity contribution in [2.45, 2.75) is 13.5 Å². The maximum absolute atomic E-state index is 11.1. The van der Waals surface area contributed by atoms with Crippen LogP contribution in [0.1, 0.15) is 22.8 Å². The van der Waals surface area contributed by atoms with Crippen molar-refractivity contribution < 1.29 is 28.5 Å². The smallest absolute Gasteiger partial charge is 0.308 e. The Morgan fingerprint density at radius 1 is 0.958 bits per heavy atom. The lowest BCUT2D eigenvalue weighted by molar-refractivity contribution is -0.132. The Morgan fingerprint density at radius 3 is 2.25 bits per heavy atom. The number of ether oxygens (including phenoxy) is 4. The molecule has 0 unspecified atom stereocenters. The van der Waals surface area contributed by atoms with Crippen molar-refractivity contribution in [2.75, 3.05) is 14.2 Å². The average molecular weight is 330 g/mol. The van der Waals surface area contributed by atoms with E-state index < -0.39 is 5.97 Å². The van der Waals surface area contributed by atoms with Crippen molar-refractivity contribution in [2.24, 2.45) is 0 Å². The maximum Gasteiger partial charge on any atom is 0.308 e. The quantitative estimate of drug-likeness (QED) is 0.441. The first-order valence-electron chi connectivity index (χ1n) is 7.18. The van der Waals surface area contributed by atoms with Crippen molar-refractivity contribution in [1.82, 2.24) is 0 Å². The first-order chi connectivity index (χ1) is 11.6. The summed E-state index contributed by atoms with van der Waals surface area (Å²) in [5.41, 5.74) is 1.33. The molecule has 0 amide bonds. The standard InChI is InChI=1S/C18H18O6/c1-12(20)24-16-7-5-14(9-18(16)22-3)11-23-15-6-4-13(10-19)8-17(15)21-2/h4-10H,11H2,1-3H3. The Kier molecular flexibility index (Phi) is 5.78. The van der Waals surface area contributed by atoms with Gasteiger partial charge in [-0.25, -0.2) is 0 Å². The van der Waals surface area contributed by atoms with Crippen molar-refractivity contribution in [3.8, 4) is 23.0 Å². The van der Waals surface area contributed by atoms with E-state index in [-0.39, 0.29) is 6.61 Å². The van der Waals surface area contributed by atoms with Crippen LogP contribution in [-0.2, 0) is 11.4 Å². The second-order valence-electron chi connectivity index (χ2n) is 4.90. The monoisotopic (exact) mass is 330 g/mol. The predicted octanol–water partition coefficient (Wildman–Crippen LogP) is 3.02. The van der Waals surface area contributed by atoms with Crippen LogP contribution >= 0.6 is 0 Å². The number of rotatable bonds is 7. The molecule has 0 radical (unpaired) electrons. The van der Waals surface area contributed by atoms with E-state index in [0.29, 0.717) is 28.6 Å². The zero-order valence-electron chi connectivity index (χ0n) is 13.7. The van der Waals surface area contributed by atoms with Crippen LogP contribution in [0.2, 0.25) is 0 Å². The molecule has 0 aliphatic carbocycles. The second-order valence-corrected chi connectivity index (χ2v) is 4.90. The summed E-state index contributed by atoms with van der Waals surface area (Å²) in [4.78, 5) is 21.9. The SMILES string of the molecule is COc1cc(C=O)ccc1OCc1ccc(OC(C)=O)c(OC)c1. The molecular formula is C18H18O6. The fourth-order valence-electron chi connectivity index (χ4n) is 2.08. The van der Waals surface area contributed by atoms with E-state index in [1.807, 2.05) is 0 Å². The minimum atomic E-state index is -0.419. The first kappa shape index (κ1) is 17.3. The topological polar surface area (TPSA) is 71.1 Å². The molecule has 24 heavy (non-hydrogen) atoms. The van der Waals surface area contributed by atoms with Gasteiger partial charge in [0, 0.05) is 12.5 Å². The minimum Gasteiger partial charge on any atom is -0.493 e. The van der Waals surface area contributed by atoms with Crippen molar-refractivity contribution >= 4 is 12.3 Å². The Labute approximate surface area is 139 Å². The van der Waals surface area contributed by atoms with E-state index >= 15 is 0 Å². The highest BCUT2D eigenvalue weighted by atomic mass is 16.6. The molecule has 2 aromatic carbocycles. The van der Waals surface area contributed by atoms with Crippen LogP contribution in [0.4, 0.5) is 0 Å². The molecule has 0 aliphatic heterocycles. The predicted molar refractivity (Wildman–Crippen MR) is 87.0 cm³/mol. The summed E-state index contributed by atoms with van der Waals surface area (Å²) < 4.78 is 21.2. The van der Waals surface area contributed by atoms with Crippen LogP contribution in [0.15, 0.2) is 36.4 Å². The van der Waals surface area contributed by atoms with Gasteiger partial charge in [-0.15, -0.1) is 0 Å². The number of carbonyl (C=O) groups excluding carboxylic acids is 2. The number of methoxy groups -OCH3 is 2. The van der Waals surface area contributed by atoms with Gasteiger partial charge in [-0.05, 0) is 35.9 Å². The molecule has 0 aliphatic rings. The van der Waals surface area contributed by atoms with Crippen LogP contribution in [0, 0.1) is 0 Å². The van der Waals surface area contributed by atoms with Crippen LogP contribution < -0.4 is 18.9 Å². The van der Waals surface area contributed by atoms with Gasteiger partial charge in [-0.3, -0.25) is 9.59 Å². The Hall–Kier alpha value is -3.02. The van der Waals surface area contributed by atoms with Crippen molar-refractivity contribution in [3.63, 3.8) is 0 Å². The molecule has 6 nitrogen and oxygen atoms in total. The second kappa shape index (κ2) is 8.01. The summed E-state index contributed by atoms with van der Waals surface area (Å²) >= 11 is 0. The molecule has 6 heteroatoms. The van der Waals surface area contributed by atoms with Gasteiger partial charge in [0.15, 0.2) is 23.0 Å². The van der Waals surface area contributed by atoms with Gasteiger partial charge in [0.2, 0.25) is 0 Å². The van der Waals surface area contributed by atoms with Gasteiger partial charge in [-0.1, -0.05) is 6.07 Å². The zero-order chi connectivity index (χ0) is 17.5. The minimum absolute atomic E-state index is 0.257. The highest BCUT2D eigenvalue weighted by Gasteiger charge is 2.10. The van der Waals surface area contributed by atoms with E-state index in [9.17, 15) is 9.59 Å². The van der Waals surface area contributed by atoms with Gasteiger partial charge < -0.3 is 18.9 Å². The summed E-state index contributed by atoms with van der Waals surface area (Å²) in [6, 6.07) is 10.1. The molecule has 0 aromatic heterocycles. The van der Waals surface area contributed by atoms with Gasteiger partial charge in [-0.2, -0.15) is 0 Å². The molecule has 0 bridgehead atoms. The Balaban J connectivity index is 2.14. The zero-order valence-corrected chi connectivity index (χ0v) is 13.7. The van der Waals surface area contributed by atoms with Gasteiger partial charge in [0.25, 0.3) is 0 Å². The summed E-state index contributed by atoms with van der Waals surface area (Å²) in [6.45, 7) is 1.58. The molecule has 0 fully saturated rings. The molecule has 0 atom stereocenters. The first-order valence-corrected chi connectivity index (χ1v) is 7.18. The van der Waals surface area contributed by atoms with Crippen molar-refractivity contribution in [3.05, 3.63) is 47.5 Å². The lowest BCUT2D eigenvalue weighted by atomic mass is 10.2. The third kappa shape index (κ3) is 4.25. The highest BCUT2D eigenvalue weighted by Crippen LogP contribution is 2.31. The largest absolute Gasteiger partial charge is 0.493 e. The normalized spacial score (nSPS) is 9.96. The number of carbonyl (C=O) groups is 2. The van der Waals surface area contributed by atoms with E-state index in [0.717, 1.165) is 11.8 Å². The summed E-state index contributed by atoms with van der Waals surface area (Å²) in [6.07, 6.45) is 0.741. The molecule has 2 rings (SSSR count). The summed E-state index contributed by atoms with van der Waals surface area (Å²) in [5.74, 6) is 1.36. The lowest BCUT2D eigenvalue weighted by Crippen LogP contribution is -2.04. The molecule has 0 saturated carbocycles. The summed E-state index contributed by atoms with van der Waals surface area (Å²) in [5, 5.41) is 0. The number of hydrogen-bond acceptors (Lipinski definition) is 6. The molecule has 0 N–H and O–H groups in total. The number of esters is 1. The summed E-state index contributed by atoms with van der Waals surface area (Å²) in [7, 11) is 3.00. The third-order valence-corrected chi connectivity index (χ3v) is 3.20. The fraction of sp³-hybridized carbons (Fsp3) is 0.222. The van der Waals surface area contributed by atoms with Crippen LogP contribution in [0.5, 0.6) is 23.0 Å². The van der Waals surface area contributed by atoms with Gasteiger partial charge >= 0.3 is 5.97 Å². The van der Waals surface area contributed by atoms with Crippen molar-refractivity contribution in [1.29, 1.82) is 0 Å². The van der Waals surface area contributed by atoms with Gasteiger partial charge in [0.1, 0.15) is 12.9 Å². The number of aldehydes is 1. The molecule has 0 spiro atoms. The molecule has 126 valence electrons. The Bertz CT molecular complexity index is 738. The Morgan fingerprint density at radius 2 is 1.62 bits per heavy atom. The molecular weight excluding hydrogens is 312 g/mol. The number of benzene rings is 2. The highest BCUT2D eigenvalue weighted by molar-refractivity contribution is 5.76. The molecule has 0 heterocycles. The van der Waals surface area contributed by atoms with Crippen LogP contribution in [0.3, 0.4) is 0 Å². The lowest BCUT2D eigenvalue weighted by Gasteiger charge is -2.13. The average Bonchev–Trinajstić information content (AvgIpc) is 2.60. The van der Waals surface area contributed by atoms with E-state index in [1.54, 1.807) is 36.4 Å². The number of hydrogen-bond donors (Lipinski definition) is 0.